The maximum absolute atomic E-state index is 13.0. The molecule has 0 aromatic heterocycles. The molecule has 1 heterocycles. The minimum Gasteiger partial charge on any atom is -0.352 e. The summed E-state index contributed by atoms with van der Waals surface area (Å²) in [6.07, 6.45) is 2.59. The van der Waals surface area contributed by atoms with Crippen LogP contribution in [0.5, 0.6) is 0 Å². The highest BCUT2D eigenvalue weighted by molar-refractivity contribution is 5.76. The van der Waals surface area contributed by atoms with E-state index in [0.29, 0.717) is 24.8 Å². The van der Waals surface area contributed by atoms with Gasteiger partial charge in [-0.05, 0) is 43.5 Å². The predicted octanol–water partition coefficient (Wildman–Crippen LogP) is 1.77. The Labute approximate surface area is 111 Å². The van der Waals surface area contributed by atoms with E-state index in [9.17, 15) is 13.6 Å². The van der Waals surface area contributed by atoms with E-state index in [1.54, 1.807) is 6.07 Å². The third-order valence-corrected chi connectivity index (χ3v) is 3.28. The summed E-state index contributed by atoms with van der Waals surface area (Å²) in [4.78, 5) is 11.6. The van der Waals surface area contributed by atoms with Crippen molar-refractivity contribution < 1.29 is 13.6 Å². The molecule has 1 unspecified atom stereocenters. The number of hydrogen-bond donors (Lipinski definition) is 2. The van der Waals surface area contributed by atoms with Gasteiger partial charge in [0.25, 0.3) is 0 Å². The summed E-state index contributed by atoms with van der Waals surface area (Å²) >= 11 is 0. The summed E-state index contributed by atoms with van der Waals surface area (Å²) in [6.45, 7) is 1.77. The molecular formula is C14H18F2N2O. The van der Waals surface area contributed by atoms with E-state index in [1.807, 2.05) is 0 Å². The van der Waals surface area contributed by atoms with Crippen LogP contribution >= 0.6 is 0 Å². The topological polar surface area (TPSA) is 41.1 Å². The minimum atomic E-state index is -0.838. The summed E-state index contributed by atoms with van der Waals surface area (Å²) in [7, 11) is 0. The smallest absolute Gasteiger partial charge is 0.220 e. The van der Waals surface area contributed by atoms with Gasteiger partial charge in [0.05, 0.1) is 0 Å². The molecule has 1 amide bonds. The lowest BCUT2D eigenvalue weighted by molar-refractivity contribution is -0.121. The van der Waals surface area contributed by atoms with Crippen molar-refractivity contribution in [3.05, 3.63) is 35.4 Å². The largest absolute Gasteiger partial charge is 0.352 e. The summed E-state index contributed by atoms with van der Waals surface area (Å²) in [6, 6.07) is 4.09. The van der Waals surface area contributed by atoms with Gasteiger partial charge < -0.3 is 10.6 Å². The van der Waals surface area contributed by atoms with E-state index in [0.717, 1.165) is 25.6 Å². The number of rotatable bonds is 5. The van der Waals surface area contributed by atoms with E-state index in [4.69, 9.17) is 0 Å². The van der Waals surface area contributed by atoms with Crippen LogP contribution in [0, 0.1) is 11.6 Å². The van der Waals surface area contributed by atoms with Crippen molar-refractivity contribution in [1.82, 2.24) is 10.6 Å². The van der Waals surface area contributed by atoms with Crippen LogP contribution in [0.3, 0.4) is 0 Å². The number of carbonyl (C=O) groups is 1. The van der Waals surface area contributed by atoms with E-state index >= 15 is 0 Å². The first-order valence-corrected chi connectivity index (χ1v) is 6.59. The number of benzene rings is 1. The molecule has 1 fully saturated rings. The Kier molecular flexibility index (Phi) is 4.85. The zero-order valence-corrected chi connectivity index (χ0v) is 10.7. The van der Waals surface area contributed by atoms with Gasteiger partial charge in [0.1, 0.15) is 0 Å². The molecule has 104 valence electrons. The average molecular weight is 268 g/mol. The fourth-order valence-corrected chi connectivity index (χ4v) is 2.23. The van der Waals surface area contributed by atoms with Crippen LogP contribution in [-0.4, -0.2) is 25.0 Å². The summed E-state index contributed by atoms with van der Waals surface area (Å²) in [5.74, 6) is -1.65. The van der Waals surface area contributed by atoms with Gasteiger partial charge in [-0.25, -0.2) is 8.78 Å². The fourth-order valence-electron chi connectivity index (χ4n) is 2.23. The summed E-state index contributed by atoms with van der Waals surface area (Å²) in [5, 5.41) is 6.13. The fraction of sp³-hybridized carbons (Fsp3) is 0.500. The van der Waals surface area contributed by atoms with Crippen molar-refractivity contribution in [3.63, 3.8) is 0 Å². The van der Waals surface area contributed by atoms with Gasteiger partial charge in [0.15, 0.2) is 11.6 Å². The molecule has 0 radical (unpaired) electrons. The zero-order valence-electron chi connectivity index (χ0n) is 10.7. The molecule has 19 heavy (non-hydrogen) atoms. The molecule has 2 rings (SSSR count). The Balaban J connectivity index is 1.70. The van der Waals surface area contributed by atoms with Crippen LogP contribution < -0.4 is 10.6 Å². The second kappa shape index (κ2) is 6.61. The standard InChI is InChI=1S/C14H18F2N2O/c15-12-5-4-10(8-13(12)16)2-1-3-14(19)18-11-6-7-17-9-11/h4-5,8,11,17H,1-3,6-7,9H2,(H,18,19). The number of nitrogens with one attached hydrogen (secondary N) is 2. The van der Waals surface area contributed by atoms with Crippen LogP contribution in [0.15, 0.2) is 18.2 Å². The van der Waals surface area contributed by atoms with Crippen molar-refractivity contribution in [1.29, 1.82) is 0 Å². The van der Waals surface area contributed by atoms with Gasteiger partial charge >= 0.3 is 0 Å². The van der Waals surface area contributed by atoms with Gasteiger partial charge in [-0.3, -0.25) is 4.79 Å². The Morgan fingerprint density at radius 2 is 2.21 bits per heavy atom. The molecule has 3 nitrogen and oxygen atoms in total. The molecular weight excluding hydrogens is 250 g/mol. The Bertz CT molecular complexity index is 445. The van der Waals surface area contributed by atoms with Crippen LogP contribution in [0.4, 0.5) is 8.78 Å². The predicted molar refractivity (Wildman–Crippen MR) is 68.7 cm³/mol. The first-order valence-electron chi connectivity index (χ1n) is 6.59. The Morgan fingerprint density at radius 1 is 1.37 bits per heavy atom. The Morgan fingerprint density at radius 3 is 2.89 bits per heavy atom. The van der Waals surface area contributed by atoms with Crippen molar-refractivity contribution in [2.75, 3.05) is 13.1 Å². The minimum absolute atomic E-state index is 0.0243. The third kappa shape index (κ3) is 4.28. The van der Waals surface area contributed by atoms with E-state index in [2.05, 4.69) is 10.6 Å². The molecule has 1 aromatic carbocycles. The lowest BCUT2D eigenvalue weighted by Crippen LogP contribution is -2.36. The molecule has 1 aliphatic rings. The normalized spacial score (nSPS) is 18.5. The second-order valence-corrected chi connectivity index (χ2v) is 4.86. The highest BCUT2D eigenvalue weighted by atomic mass is 19.2. The average Bonchev–Trinajstić information content (AvgIpc) is 2.86. The van der Waals surface area contributed by atoms with Crippen molar-refractivity contribution in [3.8, 4) is 0 Å². The lowest BCUT2D eigenvalue weighted by atomic mass is 10.1. The SMILES string of the molecule is O=C(CCCc1ccc(F)c(F)c1)NC1CCNC1. The molecule has 0 spiro atoms. The van der Waals surface area contributed by atoms with E-state index in [-0.39, 0.29) is 11.9 Å². The molecule has 1 saturated heterocycles. The van der Waals surface area contributed by atoms with Crippen LogP contribution in [0.25, 0.3) is 0 Å². The Hall–Kier alpha value is -1.49. The molecule has 0 saturated carbocycles. The second-order valence-electron chi connectivity index (χ2n) is 4.86. The molecule has 0 aliphatic carbocycles. The maximum atomic E-state index is 13.0. The quantitative estimate of drug-likeness (QED) is 0.854. The van der Waals surface area contributed by atoms with Crippen LogP contribution in [0.2, 0.25) is 0 Å². The highest BCUT2D eigenvalue weighted by Crippen LogP contribution is 2.11. The first kappa shape index (κ1) is 13.9. The molecule has 5 heteroatoms. The molecule has 0 bridgehead atoms. The number of aryl methyl sites for hydroxylation is 1. The zero-order chi connectivity index (χ0) is 13.7. The number of carbonyl (C=O) groups excluding carboxylic acids is 1. The molecule has 2 N–H and O–H groups in total. The summed E-state index contributed by atoms with van der Waals surface area (Å²) < 4.78 is 25.7. The van der Waals surface area contributed by atoms with Gasteiger partial charge in [-0.15, -0.1) is 0 Å². The van der Waals surface area contributed by atoms with Crippen molar-refractivity contribution in [2.24, 2.45) is 0 Å². The number of halogens is 2. The van der Waals surface area contributed by atoms with Gasteiger partial charge in [-0.2, -0.15) is 0 Å². The van der Waals surface area contributed by atoms with Gasteiger partial charge in [0.2, 0.25) is 5.91 Å². The first-order chi connectivity index (χ1) is 9.15. The van der Waals surface area contributed by atoms with Crippen molar-refractivity contribution in [2.45, 2.75) is 31.7 Å². The van der Waals surface area contributed by atoms with E-state index < -0.39 is 11.6 Å². The third-order valence-electron chi connectivity index (χ3n) is 3.28. The van der Waals surface area contributed by atoms with Crippen LogP contribution in [-0.2, 0) is 11.2 Å². The highest BCUT2D eigenvalue weighted by Gasteiger charge is 2.16. The van der Waals surface area contributed by atoms with E-state index in [1.165, 1.54) is 6.07 Å². The molecule has 1 aliphatic heterocycles. The van der Waals surface area contributed by atoms with Crippen LogP contribution in [0.1, 0.15) is 24.8 Å². The summed E-state index contributed by atoms with van der Waals surface area (Å²) in [5.41, 5.74) is 0.717. The van der Waals surface area contributed by atoms with Gasteiger partial charge in [-0.1, -0.05) is 6.07 Å². The maximum Gasteiger partial charge on any atom is 0.220 e. The lowest BCUT2D eigenvalue weighted by Gasteiger charge is -2.11. The number of amides is 1. The molecule has 1 aromatic rings. The monoisotopic (exact) mass is 268 g/mol. The molecule has 1 atom stereocenters. The number of hydrogen-bond acceptors (Lipinski definition) is 2. The van der Waals surface area contributed by atoms with Gasteiger partial charge in [0, 0.05) is 19.0 Å². The van der Waals surface area contributed by atoms with Crippen molar-refractivity contribution >= 4 is 5.91 Å².